The molecule has 0 radical (unpaired) electrons. The molecule has 3 atom stereocenters. The zero-order valence-corrected chi connectivity index (χ0v) is 23.7. The van der Waals surface area contributed by atoms with E-state index in [-0.39, 0.29) is 19.1 Å². The van der Waals surface area contributed by atoms with Crippen molar-refractivity contribution in [1.29, 1.82) is 0 Å². The van der Waals surface area contributed by atoms with Crippen molar-refractivity contribution in [2.45, 2.75) is 58.6 Å². The quantitative estimate of drug-likeness (QED) is 0.314. The fourth-order valence-corrected chi connectivity index (χ4v) is 5.05. The summed E-state index contributed by atoms with van der Waals surface area (Å²) in [4.78, 5) is 51.7. The molecule has 0 saturated carbocycles. The van der Waals surface area contributed by atoms with Crippen LogP contribution in [0.1, 0.15) is 64.4 Å². The minimum absolute atomic E-state index is 0.160. The molecule has 1 saturated heterocycles. The van der Waals surface area contributed by atoms with Crippen molar-refractivity contribution in [2.75, 3.05) is 6.61 Å². The van der Waals surface area contributed by atoms with Crippen molar-refractivity contribution in [2.24, 2.45) is 7.05 Å². The largest absolute Gasteiger partial charge is 0.459 e. The van der Waals surface area contributed by atoms with E-state index < -0.39 is 41.6 Å². The highest BCUT2D eigenvalue weighted by atomic mass is 16.6. The lowest BCUT2D eigenvalue weighted by Crippen LogP contribution is -2.39. The Balaban J connectivity index is 1.46. The van der Waals surface area contributed by atoms with Gasteiger partial charge in [0.05, 0.1) is 16.5 Å². The van der Waals surface area contributed by atoms with Gasteiger partial charge in [-0.1, -0.05) is 35.4 Å². The van der Waals surface area contributed by atoms with E-state index in [9.17, 15) is 19.2 Å². The lowest BCUT2D eigenvalue weighted by molar-refractivity contribution is -0.0563. The van der Waals surface area contributed by atoms with Crippen LogP contribution in [0.4, 0.5) is 0 Å². The van der Waals surface area contributed by atoms with Gasteiger partial charge in [0.15, 0.2) is 0 Å². The first kappa shape index (κ1) is 28.1. The molecule has 2 aromatic carbocycles. The molecule has 0 unspecified atom stereocenters. The molecule has 41 heavy (non-hydrogen) atoms. The van der Waals surface area contributed by atoms with Crippen LogP contribution in [0.5, 0.6) is 0 Å². The Hall–Kier alpha value is -4.44. The van der Waals surface area contributed by atoms with Gasteiger partial charge in [-0.15, -0.1) is 0 Å². The summed E-state index contributed by atoms with van der Waals surface area (Å²) >= 11 is 0. The molecule has 0 N–H and O–H groups in total. The highest BCUT2D eigenvalue weighted by Crippen LogP contribution is 2.34. The van der Waals surface area contributed by atoms with E-state index in [1.807, 2.05) is 52.0 Å². The van der Waals surface area contributed by atoms with E-state index in [1.165, 1.54) is 11.6 Å². The molecule has 0 amide bonds. The maximum atomic E-state index is 13.0. The summed E-state index contributed by atoms with van der Waals surface area (Å²) in [5.41, 5.74) is 2.36. The van der Waals surface area contributed by atoms with Gasteiger partial charge < -0.3 is 18.8 Å². The van der Waals surface area contributed by atoms with Gasteiger partial charge in [-0.3, -0.25) is 13.9 Å². The highest BCUT2D eigenvalue weighted by Gasteiger charge is 2.41. The molecule has 4 aromatic rings. The van der Waals surface area contributed by atoms with E-state index in [4.69, 9.17) is 14.2 Å². The number of aryl methyl sites for hydroxylation is 2. The van der Waals surface area contributed by atoms with Crippen LogP contribution in [0.15, 0.2) is 70.4 Å². The molecule has 10 heteroatoms. The minimum atomic E-state index is -0.785. The van der Waals surface area contributed by atoms with Gasteiger partial charge in [0.2, 0.25) is 0 Å². The van der Waals surface area contributed by atoms with Crippen LogP contribution < -0.4 is 11.2 Å². The van der Waals surface area contributed by atoms with Crippen molar-refractivity contribution < 1.29 is 23.8 Å². The van der Waals surface area contributed by atoms with Crippen molar-refractivity contribution in [3.05, 3.63) is 104 Å². The van der Waals surface area contributed by atoms with Crippen LogP contribution in [0.2, 0.25) is 0 Å². The summed E-state index contributed by atoms with van der Waals surface area (Å²) in [7, 11) is 1.45. The maximum absolute atomic E-state index is 13.0. The lowest BCUT2D eigenvalue weighted by atomic mass is 10.1. The monoisotopic (exact) mass is 559 g/mol. The average Bonchev–Trinajstić information content (AvgIpc) is 3.55. The van der Waals surface area contributed by atoms with E-state index in [0.29, 0.717) is 22.2 Å². The number of carbonyl (C=O) groups is 2. The third kappa shape index (κ3) is 5.47. The first-order valence-electron chi connectivity index (χ1n) is 13.5. The summed E-state index contributed by atoms with van der Waals surface area (Å²) in [5.74, 6) is -1.05. The molecule has 1 aliphatic heterocycles. The summed E-state index contributed by atoms with van der Waals surface area (Å²) in [6.07, 6.45) is -0.331. The molecule has 2 aromatic heterocycles. The van der Waals surface area contributed by atoms with Crippen LogP contribution in [0.25, 0.3) is 11.0 Å². The van der Waals surface area contributed by atoms with Crippen molar-refractivity contribution >= 4 is 23.0 Å². The van der Waals surface area contributed by atoms with E-state index in [2.05, 4.69) is 0 Å². The summed E-state index contributed by atoms with van der Waals surface area (Å²) in [6.45, 7) is 7.41. The van der Waals surface area contributed by atoms with Crippen LogP contribution in [0, 0.1) is 13.8 Å². The molecular weight excluding hydrogens is 526 g/mol. The first-order valence-corrected chi connectivity index (χ1v) is 13.5. The second-order valence-corrected chi connectivity index (χ2v) is 10.7. The number of nitrogens with zero attached hydrogens (tertiary/aromatic N) is 3. The second-order valence-electron chi connectivity index (χ2n) is 10.7. The maximum Gasteiger partial charge on any atom is 0.338 e. The van der Waals surface area contributed by atoms with Gasteiger partial charge >= 0.3 is 17.6 Å². The van der Waals surface area contributed by atoms with E-state index in [1.54, 1.807) is 41.1 Å². The van der Waals surface area contributed by atoms with Crippen LogP contribution >= 0.6 is 0 Å². The number of benzene rings is 2. The first-order chi connectivity index (χ1) is 19.5. The zero-order chi connectivity index (χ0) is 29.4. The average molecular weight is 560 g/mol. The number of esters is 2. The number of hydrogen-bond acceptors (Lipinski definition) is 7. The summed E-state index contributed by atoms with van der Waals surface area (Å²) in [6, 6.07) is 15.4. The highest BCUT2D eigenvalue weighted by molar-refractivity contribution is 5.90. The van der Waals surface area contributed by atoms with Crippen molar-refractivity contribution in [3.63, 3.8) is 0 Å². The third-order valence-electron chi connectivity index (χ3n) is 7.36. The molecular formula is C31H33N3O7. The molecule has 1 fully saturated rings. The molecule has 1 aliphatic rings. The number of aromatic nitrogens is 3. The summed E-state index contributed by atoms with van der Waals surface area (Å²) < 4.78 is 22.1. The van der Waals surface area contributed by atoms with Gasteiger partial charge in [0.25, 0.3) is 5.56 Å². The van der Waals surface area contributed by atoms with E-state index >= 15 is 0 Å². The number of carbonyl (C=O) groups excluding carboxylic acids is 2. The molecule has 0 spiro atoms. The van der Waals surface area contributed by atoms with Crippen molar-refractivity contribution in [3.8, 4) is 0 Å². The van der Waals surface area contributed by atoms with Gasteiger partial charge in [-0.05, 0) is 58.0 Å². The Morgan fingerprint density at radius 3 is 2.10 bits per heavy atom. The fourth-order valence-electron chi connectivity index (χ4n) is 5.05. The molecule has 10 nitrogen and oxygen atoms in total. The predicted molar refractivity (Wildman–Crippen MR) is 152 cm³/mol. The third-order valence-corrected chi connectivity index (χ3v) is 7.36. The lowest BCUT2D eigenvalue weighted by Gasteiger charge is -2.20. The van der Waals surface area contributed by atoms with Crippen LogP contribution in [-0.2, 0) is 21.3 Å². The Morgan fingerprint density at radius 2 is 1.51 bits per heavy atom. The number of rotatable bonds is 7. The Bertz CT molecular complexity index is 1710. The standard InChI is InChI=1S/C31H33N3O7/c1-18(2)34-27-23(28(35)32(5)31(34)38)14-15-33(27)26-16-24(41-30(37)22-12-8-20(4)9-13-22)25(40-26)17-39-29(36)21-10-6-19(3)7-11-21/h6-15,18,24-26H,16-17H2,1-5H3/t24-,25+,26+/m0/s1. The molecule has 3 heterocycles. The summed E-state index contributed by atoms with van der Waals surface area (Å²) in [5, 5.41) is 0.367. The smallest absolute Gasteiger partial charge is 0.338 e. The van der Waals surface area contributed by atoms with E-state index in [0.717, 1.165) is 15.7 Å². The van der Waals surface area contributed by atoms with Crippen molar-refractivity contribution in [1.82, 2.24) is 13.7 Å². The Kier molecular flexibility index (Phi) is 7.68. The van der Waals surface area contributed by atoms with Gasteiger partial charge in [-0.2, -0.15) is 0 Å². The van der Waals surface area contributed by atoms with Gasteiger partial charge in [0.1, 0.15) is 30.7 Å². The molecule has 0 bridgehead atoms. The molecule has 0 aliphatic carbocycles. The molecule has 5 rings (SSSR count). The number of hydrogen-bond donors (Lipinski definition) is 0. The van der Waals surface area contributed by atoms with Crippen LogP contribution in [-0.4, -0.2) is 44.5 Å². The van der Waals surface area contributed by atoms with Gasteiger partial charge in [0, 0.05) is 25.7 Å². The zero-order valence-electron chi connectivity index (χ0n) is 23.7. The number of ether oxygens (including phenoxy) is 3. The van der Waals surface area contributed by atoms with Crippen LogP contribution in [0.3, 0.4) is 0 Å². The van der Waals surface area contributed by atoms with Gasteiger partial charge in [-0.25, -0.2) is 14.4 Å². The minimum Gasteiger partial charge on any atom is -0.459 e. The second kappa shape index (κ2) is 11.2. The SMILES string of the molecule is Cc1ccc(C(=O)OC[C@H]2O[C@@H](n3ccc4c(=O)n(C)c(=O)n(C(C)C)c43)C[C@@H]2OC(=O)c2ccc(C)cc2)cc1. The Morgan fingerprint density at radius 1 is 0.927 bits per heavy atom. The number of fused-ring (bicyclic) bond motifs is 1. The fraction of sp³-hybridized carbons (Fsp3) is 0.355. The topological polar surface area (TPSA) is 111 Å². The molecule has 214 valence electrons. The Labute approximate surface area is 236 Å². The normalized spacial score (nSPS) is 18.6. The predicted octanol–water partition coefficient (Wildman–Crippen LogP) is 4.07.